The number of ether oxygens (including phenoxy) is 1. The third-order valence-corrected chi connectivity index (χ3v) is 3.99. The smallest absolute Gasteiger partial charge is 0.407 e. The summed E-state index contributed by atoms with van der Waals surface area (Å²) in [4.78, 5) is 15.4. The van der Waals surface area contributed by atoms with Crippen LogP contribution in [0.15, 0.2) is 24.5 Å². The molecule has 1 saturated carbocycles. The van der Waals surface area contributed by atoms with Crippen LogP contribution in [-0.4, -0.2) is 33.5 Å². The second-order valence-corrected chi connectivity index (χ2v) is 6.10. The standard InChI is InChI=1S/C15H16ClF2N5O2/c16-11-4-1-8(12(19)6-25-15(24)21-9-2-3-9)5-10(11)13-20-7-23(22-13)14(17)18/h1,4-5,7,9,12,14H,2-3,6,19H2,(H,21,24)/t12-/m1/s1. The van der Waals surface area contributed by atoms with Gasteiger partial charge in [-0.05, 0) is 30.5 Å². The Balaban J connectivity index is 1.70. The summed E-state index contributed by atoms with van der Waals surface area (Å²) >= 11 is 6.10. The van der Waals surface area contributed by atoms with E-state index in [9.17, 15) is 13.6 Å². The van der Waals surface area contributed by atoms with E-state index in [0.717, 1.165) is 19.2 Å². The lowest BCUT2D eigenvalue weighted by Gasteiger charge is -2.14. The molecule has 7 nitrogen and oxygen atoms in total. The zero-order valence-corrected chi connectivity index (χ0v) is 13.8. The lowest BCUT2D eigenvalue weighted by Crippen LogP contribution is -2.29. The lowest BCUT2D eigenvalue weighted by atomic mass is 10.0. The molecule has 3 rings (SSSR count). The van der Waals surface area contributed by atoms with Crippen molar-refractivity contribution in [2.24, 2.45) is 5.73 Å². The van der Waals surface area contributed by atoms with E-state index in [2.05, 4.69) is 15.4 Å². The Kier molecular flexibility index (Phi) is 5.14. The molecule has 0 bridgehead atoms. The number of nitrogens with zero attached hydrogens (tertiary/aromatic N) is 3. The highest BCUT2D eigenvalue weighted by Gasteiger charge is 2.24. The molecule has 1 aromatic heterocycles. The molecule has 0 spiro atoms. The van der Waals surface area contributed by atoms with Crippen LogP contribution in [0.25, 0.3) is 11.4 Å². The number of alkyl halides is 2. The molecule has 1 fully saturated rings. The Morgan fingerprint density at radius 3 is 2.88 bits per heavy atom. The Hall–Kier alpha value is -2.26. The van der Waals surface area contributed by atoms with Gasteiger partial charge >= 0.3 is 12.6 Å². The quantitative estimate of drug-likeness (QED) is 0.814. The van der Waals surface area contributed by atoms with Gasteiger partial charge < -0.3 is 15.8 Å². The van der Waals surface area contributed by atoms with Gasteiger partial charge in [-0.2, -0.15) is 13.5 Å². The summed E-state index contributed by atoms with van der Waals surface area (Å²) in [7, 11) is 0. The van der Waals surface area contributed by atoms with Crippen molar-refractivity contribution < 1.29 is 18.3 Å². The largest absolute Gasteiger partial charge is 0.448 e. The minimum atomic E-state index is -2.79. The number of nitrogens with one attached hydrogen (secondary N) is 1. The molecule has 3 N–H and O–H groups in total. The van der Waals surface area contributed by atoms with Crippen LogP contribution in [0.2, 0.25) is 5.02 Å². The maximum absolute atomic E-state index is 12.6. The first-order valence-electron chi connectivity index (χ1n) is 7.62. The monoisotopic (exact) mass is 371 g/mol. The third kappa shape index (κ3) is 4.43. The Labute approximate surface area is 147 Å². The van der Waals surface area contributed by atoms with Gasteiger partial charge in [0, 0.05) is 11.6 Å². The van der Waals surface area contributed by atoms with E-state index in [1.54, 1.807) is 18.2 Å². The maximum atomic E-state index is 12.6. The van der Waals surface area contributed by atoms with Crippen LogP contribution >= 0.6 is 11.6 Å². The highest BCUT2D eigenvalue weighted by molar-refractivity contribution is 6.33. The van der Waals surface area contributed by atoms with Gasteiger partial charge in [0.15, 0.2) is 5.82 Å². The van der Waals surface area contributed by atoms with Crippen LogP contribution in [-0.2, 0) is 4.74 Å². The van der Waals surface area contributed by atoms with Crippen LogP contribution in [0.4, 0.5) is 13.6 Å². The number of nitrogens with two attached hydrogens (primary N) is 1. The molecule has 2 aromatic rings. The summed E-state index contributed by atoms with van der Waals surface area (Å²) in [5, 5.41) is 6.68. The van der Waals surface area contributed by atoms with Gasteiger partial charge in [-0.1, -0.05) is 17.7 Å². The first-order valence-corrected chi connectivity index (χ1v) is 8.00. The van der Waals surface area contributed by atoms with Crippen molar-refractivity contribution in [1.82, 2.24) is 20.1 Å². The minimum absolute atomic E-state index is 0.0292. The van der Waals surface area contributed by atoms with Gasteiger partial charge in [-0.25, -0.2) is 9.78 Å². The van der Waals surface area contributed by atoms with E-state index in [1.807, 2.05) is 0 Å². The van der Waals surface area contributed by atoms with E-state index in [0.29, 0.717) is 20.8 Å². The number of benzene rings is 1. The van der Waals surface area contributed by atoms with Crippen LogP contribution in [0, 0.1) is 0 Å². The van der Waals surface area contributed by atoms with Gasteiger partial charge in [0.25, 0.3) is 0 Å². The topological polar surface area (TPSA) is 95.1 Å². The first-order chi connectivity index (χ1) is 11.9. The molecule has 25 heavy (non-hydrogen) atoms. The van der Waals surface area contributed by atoms with Crippen molar-refractivity contribution in [3.8, 4) is 11.4 Å². The Morgan fingerprint density at radius 1 is 1.48 bits per heavy atom. The number of rotatable bonds is 6. The Morgan fingerprint density at radius 2 is 2.24 bits per heavy atom. The van der Waals surface area contributed by atoms with E-state index >= 15 is 0 Å². The van der Waals surface area contributed by atoms with Crippen molar-refractivity contribution in [3.63, 3.8) is 0 Å². The number of halogens is 3. The second-order valence-electron chi connectivity index (χ2n) is 5.69. The maximum Gasteiger partial charge on any atom is 0.407 e. The van der Waals surface area contributed by atoms with Crippen LogP contribution in [0.5, 0.6) is 0 Å². The summed E-state index contributed by atoms with van der Waals surface area (Å²) in [6, 6.07) is 4.43. The predicted molar refractivity (Wildman–Crippen MR) is 86.2 cm³/mol. The average molecular weight is 372 g/mol. The second kappa shape index (κ2) is 7.32. The van der Waals surface area contributed by atoms with Crippen LogP contribution in [0.1, 0.15) is 31.0 Å². The molecular formula is C15H16ClF2N5O2. The first kappa shape index (κ1) is 17.6. The normalized spacial score (nSPS) is 15.2. The van der Waals surface area contributed by atoms with Crippen molar-refractivity contribution in [1.29, 1.82) is 0 Å². The summed E-state index contributed by atoms with van der Waals surface area (Å²) in [6.07, 6.45) is 2.33. The molecule has 1 atom stereocenters. The van der Waals surface area contributed by atoms with Gasteiger partial charge in [-0.15, -0.1) is 5.10 Å². The average Bonchev–Trinajstić information content (AvgIpc) is 3.24. The van der Waals surface area contributed by atoms with E-state index < -0.39 is 18.7 Å². The predicted octanol–water partition coefficient (Wildman–Crippen LogP) is 2.88. The van der Waals surface area contributed by atoms with Crippen molar-refractivity contribution in [2.75, 3.05) is 6.61 Å². The highest BCUT2D eigenvalue weighted by atomic mass is 35.5. The molecule has 1 amide bonds. The molecule has 134 valence electrons. The number of amides is 1. The Bertz CT molecular complexity index is 766. The summed E-state index contributed by atoms with van der Waals surface area (Å²) in [5.41, 5.74) is 7.02. The molecule has 1 aliphatic carbocycles. The van der Waals surface area contributed by atoms with Crippen molar-refractivity contribution in [3.05, 3.63) is 35.1 Å². The fourth-order valence-electron chi connectivity index (χ4n) is 2.13. The molecule has 1 heterocycles. The third-order valence-electron chi connectivity index (χ3n) is 3.66. The fourth-order valence-corrected chi connectivity index (χ4v) is 2.34. The summed E-state index contributed by atoms with van der Waals surface area (Å²) in [6.45, 7) is -2.82. The van der Waals surface area contributed by atoms with Gasteiger partial charge in [0.1, 0.15) is 12.9 Å². The SMILES string of the molecule is N[C@H](COC(=O)NC1CC1)c1ccc(Cl)c(-c2ncn(C(F)F)n2)c1. The van der Waals surface area contributed by atoms with Crippen LogP contribution < -0.4 is 11.1 Å². The number of hydrogen-bond acceptors (Lipinski definition) is 5. The number of aromatic nitrogens is 3. The summed E-state index contributed by atoms with van der Waals surface area (Å²) < 4.78 is 30.8. The molecule has 1 aliphatic rings. The zero-order chi connectivity index (χ0) is 18.0. The molecule has 1 aromatic carbocycles. The van der Waals surface area contributed by atoms with Crippen LogP contribution in [0.3, 0.4) is 0 Å². The molecule has 0 saturated heterocycles. The lowest BCUT2D eigenvalue weighted by molar-refractivity contribution is 0.0564. The van der Waals surface area contributed by atoms with Gasteiger partial charge in [0.2, 0.25) is 0 Å². The van der Waals surface area contributed by atoms with E-state index in [1.165, 1.54) is 0 Å². The number of alkyl carbamates (subject to hydrolysis) is 1. The minimum Gasteiger partial charge on any atom is -0.448 e. The molecule has 0 aliphatic heterocycles. The molecule has 10 heteroatoms. The molecule has 0 unspecified atom stereocenters. The number of hydrogen-bond donors (Lipinski definition) is 2. The highest BCUT2D eigenvalue weighted by Crippen LogP contribution is 2.28. The van der Waals surface area contributed by atoms with E-state index in [-0.39, 0.29) is 18.5 Å². The molecular weight excluding hydrogens is 356 g/mol. The number of carbonyl (C=O) groups is 1. The van der Waals surface area contributed by atoms with Crippen molar-refractivity contribution >= 4 is 17.7 Å². The van der Waals surface area contributed by atoms with E-state index in [4.69, 9.17) is 22.1 Å². The van der Waals surface area contributed by atoms with Gasteiger partial charge in [0.05, 0.1) is 11.1 Å². The number of carbonyl (C=O) groups excluding carboxylic acids is 1. The molecule has 0 radical (unpaired) electrons. The van der Waals surface area contributed by atoms with Crippen molar-refractivity contribution in [2.45, 2.75) is 31.5 Å². The van der Waals surface area contributed by atoms with Gasteiger partial charge in [-0.3, -0.25) is 0 Å². The fraction of sp³-hybridized carbons (Fsp3) is 0.400. The summed E-state index contributed by atoms with van der Waals surface area (Å²) in [5.74, 6) is 0.0618. The zero-order valence-electron chi connectivity index (χ0n) is 13.0.